The third-order valence-corrected chi connectivity index (χ3v) is 3.39. The van der Waals surface area contributed by atoms with E-state index in [2.05, 4.69) is 5.16 Å². The summed E-state index contributed by atoms with van der Waals surface area (Å²) in [6, 6.07) is 12.0. The molecule has 1 saturated heterocycles. The van der Waals surface area contributed by atoms with Crippen molar-refractivity contribution in [1.82, 2.24) is 5.16 Å². The van der Waals surface area contributed by atoms with Crippen LogP contribution < -0.4 is 4.74 Å². The second kappa shape index (κ2) is 4.86. The van der Waals surface area contributed by atoms with Gasteiger partial charge in [0.05, 0.1) is 6.61 Å². The lowest BCUT2D eigenvalue weighted by molar-refractivity contribution is 0.263. The zero-order valence-corrected chi connectivity index (χ0v) is 11.1. The maximum atomic E-state index is 13.1. The number of nitrogens with zero attached hydrogens (tertiary/aromatic N) is 1. The monoisotopic (exact) mass is 285 g/mol. The molecule has 21 heavy (non-hydrogen) atoms. The molecule has 106 valence electrons. The molecule has 3 aromatic rings. The standard InChI is InChI=1S/C16H12FNO3/c17-11-3-6-14-15(7-11)18-21-16(14)10-1-4-12(5-2-10)19-8-13-9-20-13/h1-7,13H,8-9H2/t13-/m0/s1. The van der Waals surface area contributed by atoms with Crippen LogP contribution >= 0.6 is 0 Å². The van der Waals surface area contributed by atoms with E-state index in [9.17, 15) is 4.39 Å². The third-order valence-electron chi connectivity index (χ3n) is 3.39. The minimum atomic E-state index is -0.326. The molecule has 4 nitrogen and oxygen atoms in total. The van der Waals surface area contributed by atoms with Crippen molar-refractivity contribution in [2.24, 2.45) is 0 Å². The summed E-state index contributed by atoms with van der Waals surface area (Å²) in [4.78, 5) is 0. The molecular formula is C16H12FNO3. The number of epoxide rings is 1. The fourth-order valence-corrected chi connectivity index (χ4v) is 2.18. The predicted molar refractivity (Wildman–Crippen MR) is 74.6 cm³/mol. The van der Waals surface area contributed by atoms with Gasteiger partial charge in [-0.3, -0.25) is 0 Å². The van der Waals surface area contributed by atoms with Gasteiger partial charge in [0.1, 0.15) is 29.8 Å². The van der Waals surface area contributed by atoms with Gasteiger partial charge in [-0.05, 0) is 36.4 Å². The number of benzene rings is 2. The molecule has 4 rings (SSSR count). The van der Waals surface area contributed by atoms with E-state index in [0.717, 1.165) is 23.3 Å². The Morgan fingerprint density at radius 1 is 1.19 bits per heavy atom. The molecule has 0 amide bonds. The van der Waals surface area contributed by atoms with E-state index in [-0.39, 0.29) is 11.9 Å². The molecule has 2 aromatic carbocycles. The van der Waals surface area contributed by atoms with Crippen molar-refractivity contribution in [3.05, 3.63) is 48.3 Å². The maximum Gasteiger partial charge on any atom is 0.174 e. The molecule has 1 aliphatic heterocycles. The Balaban J connectivity index is 1.61. The first-order chi connectivity index (χ1) is 10.3. The first-order valence-corrected chi connectivity index (χ1v) is 6.69. The molecule has 2 heterocycles. The second-order valence-corrected chi connectivity index (χ2v) is 4.96. The molecule has 0 aliphatic carbocycles. The van der Waals surface area contributed by atoms with E-state index < -0.39 is 0 Å². The van der Waals surface area contributed by atoms with Crippen LogP contribution in [0.2, 0.25) is 0 Å². The normalized spacial score (nSPS) is 17.1. The van der Waals surface area contributed by atoms with Gasteiger partial charge >= 0.3 is 0 Å². The summed E-state index contributed by atoms with van der Waals surface area (Å²) in [5.41, 5.74) is 1.38. The van der Waals surface area contributed by atoms with Crippen LogP contribution in [0.3, 0.4) is 0 Å². The number of fused-ring (bicyclic) bond motifs is 1. The highest BCUT2D eigenvalue weighted by atomic mass is 19.1. The summed E-state index contributed by atoms with van der Waals surface area (Å²) in [6.07, 6.45) is 0.234. The van der Waals surface area contributed by atoms with Crippen LogP contribution in [0.15, 0.2) is 47.0 Å². The van der Waals surface area contributed by atoms with Crippen LogP contribution in [0.25, 0.3) is 22.2 Å². The van der Waals surface area contributed by atoms with Crippen molar-refractivity contribution < 1.29 is 18.4 Å². The van der Waals surface area contributed by atoms with Crippen LogP contribution in [0, 0.1) is 5.82 Å². The zero-order chi connectivity index (χ0) is 14.2. The van der Waals surface area contributed by atoms with Crippen LogP contribution in [0.4, 0.5) is 4.39 Å². The van der Waals surface area contributed by atoms with E-state index in [4.69, 9.17) is 14.0 Å². The van der Waals surface area contributed by atoms with Crippen molar-refractivity contribution in [2.45, 2.75) is 6.10 Å². The van der Waals surface area contributed by atoms with Gasteiger partial charge < -0.3 is 14.0 Å². The van der Waals surface area contributed by atoms with Gasteiger partial charge in [-0.2, -0.15) is 0 Å². The number of rotatable bonds is 4. The number of aromatic nitrogens is 1. The Hall–Kier alpha value is -2.40. The summed E-state index contributed by atoms with van der Waals surface area (Å²) in [6.45, 7) is 1.35. The summed E-state index contributed by atoms with van der Waals surface area (Å²) in [5, 5.41) is 4.67. The number of ether oxygens (including phenoxy) is 2. The highest BCUT2D eigenvalue weighted by Gasteiger charge is 2.23. The van der Waals surface area contributed by atoms with E-state index >= 15 is 0 Å². The zero-order valence-electron chi connectivity index (χ0n) is 11.1. The SMILES string of the molecule is Fc1ccc2c(-c3ccc(OC[C@H]4CO4)cc3)onc2c1. The van der Waals surface area contributed by atoms with Crippen LogP contribution in [-0.4, -0.2) is 24.5 Å². The molecule has 1 aromatic heterocycles. The van der Waals surface area contributed by atoms with Gasteiger partial charge in [-0.15, -0.1) is 0 Å². The first-order valence-electron chi connectivity index (χ1n) is 6.69. The summed E-state index contributed by atoms with van der Waals surface area (Å²) in [5.74, 6) is 1.08. The Labute approximate surface area is 120 Å². The molecule has 0 unspecified atom stereocenters. The van der Waals surface area contributed by atoms with Gasteiger partial charge in [0.2, 0.25) is 0 Å². The molecular weight excluding hydrogens is 273 g/mol. The number of hydrogen-bond acceptors (Lipinski definition) is 4. The molecule has 0 saturated carbocycles. The fraction of sp³-hybridized carbons (Fsp3) is 0.188. The lowest BCUT2D eigenvalue weighted by Crippen LogP contribution is -2.03. The smallest absolute Gasteiger partial charge is 0.174 e. The van der Waals surface area contributed by atoms with Crippen molar-refractivity contribution in [1.29, 1.82) is 0 Å². The first kappa shape index (κ1) is 12.3. The third kappa shape index (κ3) is 2.48. The Bertz CT molecular complexity index is 778. The van der Waals surface area contributed by atoms with Gasteiger partial charge in [0, 0.05) is 17.0 Å². The largest absolute Gasteiger partial charge is 0.491 e. The van der Waals surface area contributed by atoms with Crippen LogP contribution in [0.5, 0.6) is 5.75 Å². The Kier molecular flexibility index (Phi) is 2.86. The van der Waals surface area contributed by atoms with Gasteiger partial charge in [0.25, 0.3) is 0 Å². The topological polar surface area (TPSA) is 47.8 Å². The summed E-state index contributed by atoms with van der Waals surface area (Å²) in [7, 11) is 0. The molecule has 0 N–H and O–H groups in total. The van der Waals surface area contributed by atoms with Crippen molar-refractivity contribution >= 4 is 10.9 Å². The molecule has 0 bridgehead atoms. The summed E-state index contributed by atoms with van der Waals surface area (Å²) >= 11 is 0. The van der Waals surface area contributed by atoms with E-state index in [0.29, 0.717) is 17.9 Å². The average molecular weight is 285 g/mol. The number of halogens is 1. The lowest BCUT2D eigenvalue weighted by Gasteiger charge is -2.04. The average Bonchev–Trinajstić information content (AvgIpc) is 3.24. The maximum absolute atomic E-state index is 13.1. The van der Waals surface area contributed by atoms with Crippen molar-refractivity contribution in [3.63, 3.8) is 0 Å². The molecule has 1 fully saturated rings. The quantitative estimate of drug-likeness (QED) is 0.689. The molecule has 1 atom stereocenters. The van der Waals surface area contributed by atoms with E-state index in [1.165, 1.54) is 12.1 Å². The minimum Gasteiger partial charge on any atom is -0.491 e. The van der Waals surface area contributed by atoms with E-state index in [1.807, 2.05) is 24.3 Å². The lowest BCUT2D eigenvalue weighted by atomic mass is 10.1. The van der Waals surface area contributed by atoms with Crippen molar-refractivity contribution in [3.8, 4) is 17.1 Å². The molecule has 0 spiro atoms. The molecule has 0 radical (unpaired) electrons. The summed E-state index contributed by atoms with van der Waals surface area (Å²) < 4.78 is 29.2. The Morgan fingerprint density at radius 2 is 2.00 bits per heavy atom. The van der Waals surface area contributed by atoms with Crippen molar-refractivity contribution in [2.75, 3.05) is 13.2 Å². The fourth-order valence-electron chi connectivity index (χ4n) is 2.18. The van der Waals surface area contributed by atoms with Crippen LogP contribution in [-0.2, 0) is 4.74 Å². The minimum absolute atomic E-state index is 0.234. The van der Waals surface area contributed by atoms with Gasteiger partial charge in [-0.25, -0.2) is 4.39 Å². The highest BCUT2D eigenvalue weighted by molar-refractivity contribution is 5.91. The van der Waals surface area contributed by atoms with Crippen LogP contribution in [0.1, 0.15) is 0 Å². The van der Waals surface area contributed by atoms with Gasteiger partial charge in [0.15, 0.2) is 5.76 Å². The Morgan fingerprint density at radius 3 is 2.76 bits per heavy atom. The molecule has 5 heteroatoms. The second-order valence-electron chi connectivity index (χ2n) is 4.96. The predicted octanol–water partition coefficient (Wildman–Crippen LogP) is 3.41. The van der Waals surface area contributed by atoms with E-state index in [1.54, 1.807) is 6.07 Å². The van der Waals surface area contributed by atoms with Gasteiger partial charge in [-0.1, -0.05) is 5.16 Å². The highest BCUT2D eigenvalue weighted by Crippen LogP contribution is 2.30. The molecule has 1 aliphatic rings. The number of hydrogen-bond donors (Lipinski definition) is 0.